The Labute approximate surface area is 129 Å². The monoisotopic (exact) mass is 321 g/mol. The van der Waals surface area contributed by atoms with Gasteiger partial charge in [0.15, 0.2) is 5.82 Å². The summed E-state index contributed by atoms with van der Waals surface area (Å²) >= 11 is 0. The van der Waals surface area contributed by atoms with Gasteiger partial charge in [-0.1, -0.05) is 0 Å². The molecule has 1 saturated carbocycles. The fourth-order valence-electron chi connectivity index (χ4n) is 2.50. The van der Waals surface area contributed by atoms with E-state index in [9.17, 15) is 18.4 Å². The van der Waals surface area contributed by atoms with Crippen LogP contribution in [0.1, 0.15) is 17.9 Å². The Morgan fingerprint density at radius 2 is 2.13 bits per heavy atom. The normalized spacial score (nSPS) is 19.4. The smallest absolute Gasteiger partial charge is 0.325 e. The highest BCUT2D eigenvalue weighted by molar-refractivity contribution is 5.94. The molecule has 1 heterocycles. The van der Waals surface area contributed by atoms with Crippen molar-refractivity contribution in [2.24, 2.45) is 5.92 Å². The van der Waals surface area contributed by atoms with E-state index < -0.39 is 23.5 Å². The average molecular weight is 321 g/mol. The maximum Gasteiger partial charge on any atom is 0.325 e. The minimum Gasteiger partial charge on any atom is -0.480 e. The molecule has 0 bridgehead atoms. The van der Waals surface area contributed by atoms with Crippen molar-refractivity contribution in [3.05, 3.63) is 47.7 Å². The number of hydrogen-bond acceptors (Lipinski definition) is 3. The maximum atomic E-state index is 13.7. The highest BCUT2D eigenvalue weighted by atomic mass is 19.1. The predicted molar refractivity (Wildman–Crippen MR) is 75.7 cm³/mol. The van der Waals surface area contributed by atoms with E-state index in [1.165, 1.54) is 16.9 Å². The van der Waals surface area contributed by atoms with Gasteiger partial charge in [0.1, 0.15) is 18.2 Å². The minimum atomic E-state index is -1.05. The minimum absolute atomic E-state index is 0.196. The first-order valence-electron chi connectivity index (χ1n) is 6.95. The van der Waals surface area contributed by atoms with E-state index in [1.807, 2.05) is 0 Å². The number of hydrogen-bond donors (Lipinski definition) is 2. The zero-order valence-corrected chi connectivity index (χ0v) is 11.9. The molecule has 0 aliphatic heterocycles. The summed E-state index contributed by atoms with van der Waals surface area (Å²) in [5.74, 6) is -3.05. The number of carbonyl (C=O) groups excluding carboxylic acids is 1. The largest absolute Gasteiger partial charge is 0.480 e. The molecule has 0 spiro atoms. The number of carbonyl (C=O) groups is 2. The van der Waals surface area contributed by atoms with Gasteiger partial charge in [0.2, 0.25) is 5.91 Å². The number of rotatable bonds is 5. The van der Waals surface area contributed by atoms with Gasteiger partial charge in [0.25, 0.3) is 0 Å². The van der Waals surface area contributed by atoms with Crippen LogP contribution in [-0.4, -0.2) is 26.8 Å². The van der Waals surface area contributed by atoms with Crippen LogP contribution in [0.25, 0.3) is 0 Å². The number of nitrogens with zero attached hydrogens (tertiary/aromatic N) is 2. The Bertz CT molecular complexity index is 775. The van der Waals surface area contributed by atoms with Crippen LogP contribution in [0, 0.1) is 17.6 Å². The second kappa shape index (κ2) is 5.79. The summed E-state index contributed by atoms with van der Waals surface area (Å²) in [6.45, 7) is -0.309. The molecule has 1 aromatic heterocycles. The molecule has 0 saturated heterocycles. The molecule has 2 N–H and O–H groups in total. The quantitative estimate of drug-likeness (QED) is 0.882. The fraction of sp³-hybridized carbons (Fsp3) is 0.267. The van der Waals surface area contributed by atoms with Crippen molar-refractivity contribution in [2.75, 3.05) is 5.32 Å². The molecule has 2 atom stereocenters. The number of nitrogens with one attached hydrogen (secondary N) is 1. The number of benzene rings is 1. The summed E-state index contributed by atoms with van der Waals surface area (Å²) in [6, 6.07) is 4.66. The fourth-order valence-corrected chi connectivity index (χ4v) is 2.50. The van der Waals surface area contributed by atoms with Crippen LogP contribution in [0.2, 0.25) is 0 Å². The van der Waals surface area contributed by atoms with Gasteiger partial charge >= 0.3 is 5.97 Å². The Morgan fingerprint density at radius 1 is 1.35 bits per heavy atom. The third kappa shape index (κ3) is 3.36. The summed E-state index contributed by atoms with van der Waals surface area (Å²) < 4.78 is 28.0. The first-order valence-corrected chi connectivity index (χ1v) is 6.95. The van der Waals surface area contributed by atoms with E-state index >= 15 is 0 Å². The van der Waals surface area contributed by atoms with Gasteiger partial charge in [0.05, 0.1) is 0 Å². The van der Waals surface area contributed by atoms with Gasteiger partial charge in [-0.15, -0.1) is 0 Å². The van der Waals surface area contributed by atoms with Crippen LogP contribution in [0.3, 0.4) is 0 Å². The SMILES string of the molecule is O=C(O)Cn1ccc(NC(=O)C2CC2c2cc(F)ccc2F)n1. The van der Waals surface area contributed by atoms with Crippen molar-refractivity contribution in [2.45, 2.75) is 18.9 Å². The number of carboxylic acid groups (broad SMARTS) is 1. The summed E-state index contributed by atoms with van der Waals surface area (Å²) in [5.41, 5.74) is 0.196. The van der Waals surface area contributed by atoms with E-state index in [0.29, 0.717) is 6.42 Å². The molecule has 0 radical (unpaired) electrons. The zero-order valence-electron chi connectivity index (χ0n) is 11.9. The second-order valence-corrected chi connectivity index (χ2v) is 5.40. The molecule has 1 aromatic carbocycles. The maximum absolute atomic E-state index is 13.7. The van der Waals surface area contributed by atoms with Gasteiger partial charge in [-0.25, -0.2) is 8.78 Å². The van der Waals surface area contributed by atoms with Crippen molar-refractivity contribution in [3.8, 4) is 0 Å². The topological polar surface area (TPSA) is 84.2 Å². The zero-order chi connectivity index (χ0) is 16.6. The van der Waals surface area contributed by atoms with Crippen molar-refractivity contribution in [1.29, 1.82) is 0 Å². The molecule has 120 valence electrons. The van der Waals surface area contributed by atoms with Crippen molar-refractivity contribution in [3.63, 3.8) is 0 Å². The molecule has 2 aromatic rings. The van der Waals surface area contributed by atoms with Crippen molar-refractivity contribution in [1.82, 2.24) is 9.78 Å². The number of carboxylic acids is 1. The Morgan fingerprint density at radius 3 is 2.87 bits per heavy atom. The molecule has 1 aliphatic rings. The lowest BCUT2D eigenvalue weighted by Gasteiger charge is -2.04. The highest BCUT2D eigenvalue weighted by Gasteiger charge is 2.45. The predicted octanol–water partition coefficient (Wildman–Crippen LogP) is 1.99. The van der Waals surface area contributed by atoms with Crippen molar-refractivity contribution >= 4 is 17.7 Å². The van der Waals surface area contributed by atoms with Crippen LogP contribution < -0.4 is 5.32 Å². The summed E-state index contributed by atoms with van der Waals surface area (Å²) in [4.78, 5) is 22.7. The van der Waals surface area contributed by atoms with Crippen LogP contribution in [0.4, 0.5) is 14.6 Å². The van der Waals surface area contributed by atoms with Gasteiger partial charge < -0.3 is 10.4 Å². The summed E-state index contributed by atoms with van der Waals surface area (Å²) in [7, 11) is 0. The van der Waals surface area contributed by atoms with Gasteiger partial charge in [-0.3, -0.25) is 14.3 Å². The third-order valence-corrected chi connectivity index (χ3v) is 3.67. The third-order valence-electron chi connectivity index (χ3n) is 3.67. The van der Waals surface area contributed by atoms with Crippen LogP contribution in [0.15, 0.2) is 30.5 Å². The van der Waals surface area contributed by atoms with Gasteiger partial charge in [-0.05, 0) is 36.1 Å². The van der Waals surface area contributed by atoms with Crippen LogP contribution >= 0.6 is 0 Å². The van der Waals surface area contributed by atoms with E-state index in [4.69, 9.17) is 5.11 Å². The molecule has 1 fully saturated rings. The number of aliphatic carboxylic acids is 1. The molecule has 23 heavy (non-hydrogen) atoms. The molecule has 2 unspecified atom stereocenters. The van der Waals surface area contributed by atoms with Crippen molar-refractivity contribution < 1.29 is 23.5 Å². The van der Waals surface area contributed by atoms with E-state index in [2.05, 4.69) is 10.4 Å². The lowest BCUT2D eigenvalue weighted by atomic mass is 10.1. The van der Waals surface area contributed by atoms with Crippen LogP contribution in [-0.2, 0) is 16.1 Å². The van der Waals surface area contributed by atoms with E-state index in [-0.39, 0.29) is 29.8 Å². The molecule has 6 nitrogen and oxygen atoms in total. The lowest BCUT2D eigenvalue weighted by molar-refractivity contribution is -0.137. The van der Waals surface area contributed by atoms with E-state index in [0.717, 1.165) is 18.2 Å². The van der Waals surface area contributed by atoms with Crippen LogP contribution in [0.5, 0.6) is 0 Å². The first kappa shape index (κ1) is 15.1. The van der Waals surface area contributed by atoms with Gasteiger partial charge in [-0.2, -0.15) is 5.10 Å². The Balaban J connectivity index is 1.63. The Kier molecular flexibility index (Phi) is 3.81. The lowest BCUT2D eigenvalue weighted by Crippen LogP contribution is -2.16. The molecule has 8 heteroatoms. The molecule has 1 aliphatic carbocycles. The number of anilines is 1. The molecule has 1 amide bonds. The number of halogens is 2. The highest BCUT2D eigenvalue weighted by Crippen LogP contribution is 2.48. The summed E-state index contributed by atoms with van der Waals surface area (Å²) in [6.07, 6.45) is 1.86. The summed E-state index contributed by atoms with van der Waals surface area (Å²) in [5, 5.41) is 15.1. The average Bonchev–Trinajstić information content (AvgIpc) is 3.17. The van der Waals surface area contributed by atoms with Gasteiger partial charge in [0, 0.05) is 18.2 Å². The molecule has 3 rings (SSSR count). The standard InChI is InChI=1S/C15H13F2N3O3/c16-8-1-2-12(17)10(5-8)9-6-11(9)15(23)18-13-3-4-20(19-13)7-14(21)22/h1-5,9,11H,6-7H2,(H,21,22)(H,18,19,23). The second-order valence-electron chi connectivity index (χ2n) is 5.40. The number of amides is 1. The first-order chi connectivity index (χ1) is 10.9. The molecular weight excluding hydrogens is 308 g/mol. The number of aromatic nitrogens is 2. The molecular formula is C15H13F2N3O3. The van der Waals surface area contributed by atoms with E-state index in [1.54, 1.807) is 0 Å². The Hall–Kier alpha value is -2.77.